The average molecular weight is 314 g/mol. The van der Waals surface area contributed by atoms with Crippen LogP contribution < -0.4 is 11.2 Å². The molecule has 0 saturated carbocycles. The van der Waals surface area contributed by atoms with Gasteiger partial charge >= 0.3 is 5.69 Å². The molecule has 0 spiro atoms. The van der Waals surface area contributed by atoms with Gasteiger partial charge in [-0.2, -0.15) is 0 Å². The summed E-state index contributed by atoms with van der Waals surface area (Å²) in [5, 5.41) is 10.3. The lowest BCUT2D eigenvalue weighted by Crippen LogP contribution is -2.33. The molecule has 1 aromatic heterocycles. The number of nitrogens with one attached hydrogen (secondary N) is 1. The van der Waals surface area contributed by atoms with Crippen molar-refractivity contribution in [3.8, 4) is 0 Å². The molecule has 6 nitrogen and oxygen atoms in total. The smallest absolute Gasteiger partial charge is 0.330 e. The molecule has 1 aromatic rings. The summed E-state index contributed by atoms with van der Waals surface area (Å²) in [5.41, 5.74) is -0.959. The molecular weight excluding hydrogens is 291 g/mol. The van der Waals surface area contributed by atoms with Gasteiger partial charge in [0, 0.05) is 18.2 Å². The maximum absolute atomic E-state index is 11.8. The van der Waals surface area contributed by atoms with Crippen LogP contribution in [0, 0.1) is 5.92 Å². The van der Waals surface area contributed by atoms with Crippen molar-refractivity contribution in [2.24, 2.45) is 5.92 Å². The summed E-state index contributed by atoms with van der Waals surface area (Å²) in [6, 6.07) is 1.28. The monoisotopic (exact) mass is 314 g/mol. The van der Waals surface area contributed by atoms with E-state index < -0.39 is 30.5 Å². The largest absolute Gasteiger partial charge is 0.390 e. The first kappa shape index (κ1) is 16.3. The van der Waals surface area contributed by atoms with Crippen molar-refractivity contribution < 1.29 is 9.84 Å². The van der Waals surface area contributed by atoms with Crippen molar-refractivity contribution in [3.63, 3.8) is 0 Å². The van der Waals surface area contributed by atoms with Gasteiger partial charge in [-0.15, -0.1) is 13.2 Å². The van der Waals surface area contributed by atoms with E-state index in [-0.39, 0.29) is 12.0 Å². The van der Waals surface area contributed by atoms with Crippen molar-refractivity contribution in [3.05, 3.63) is 33.1 Å². The molecule has 2 rings (SSSR count). The van der Waals surface area contributed by atoms with Crippen molar-refractivity contribution in [2.75, 3.05) is 19.5 Å². The summed E-state index contributed by atoms with van der Waals surface area (Å²) in [4.78, 5) is 25.2. The van der Waals surface area contributed by atoms with Crippen LogP contribution in [0.2, 0.25) is 0 Å². The zero-order valence-electron chi connectivity index (χ0n) is 12.7. The second kappa shape index (κ2) is 5.95. The van der Waals surface area contributed by atoms with E-state index in [4.69, 9.17) is 4.74 Å². The number of hydrogen-bond donors (Lipinski definition) is 2. The number of H-pyrrole nitrogens is 1. The molecule has 4 atom stereocenters. The van der Waals surface area contributed by atoms with Gasteiger partial charge in [0.25, 0.3) is 5.56 Å². The van der Waals surface area contributed by atoms with Crippen LogP contribution in [0.3, 0.4) is 0 Å². The third kappa shape index (κ3) is 3.76. The molecule has 118 valence electrons. The lowest BCUT2D eigenvalue weighted by atomic mass is 10.0. The first-order chi connectivity index (χ1) is 9.69. The van der Waals surface area contributed by atoms with E-state index in [1.165, 1.54) is 16.8 Å². The van der Waals surface area contributed by atoms with Crippen LogP contribution in [-0.2, 0) is 4.74 Å². The molecule has 0 amide bonds. The number of aliphatic hydroxyl groups is 1. The zero-order chi connectivity index (χ0) is 15.8. The Morgan fingerprint density at radius 2 is 2.14 bits per heavy atom. The Balaban J connectivity index is 2.18. The van der Waals surface area contributed by atoms with Crippen molar-refractivity contribution in [1.82, 2.24) is 9.55 Å². The summed E-state index contributed by atoms with van der Waals surface area (Å²) in [5.74, 6) is -0.218. The minimum atomic E-state index is -1.18. The number of aromatic amines is 1. The number of ether oxygens (including phenoxy) is 1. The Bertz CT molecular complexity index is 659. The molecule has 1 aliphatic rings. The Kier molecular flexibility index (Phi) is 4.61. The number of aliphatic hydroxyl groups excluding tert-OH is 1. The van der Waals surface area contributed by atoms with Crippen LogP contribution in [0.15, 0.2) is 21.9 Å². The fourth-order valence-electron chi connectivity index (χ4n) is 2.55. The number of nitrogens with zero attached hydrogens (tertiary/aromatic N) is 1. The van der Waals surface area contributed by atoms with Gasteiger partial charge in [0.1, 0.15) is 6.23 Å². The second-order valence-electron chi connectivity index (χ2n) is 6.38. The minimum Gasteiger partial charge on any atom is -0.390 e. The predicted molar refractivity (Wildman–Crippen MR) is 85.8 cm³/mol. The maximum Gasteiger partial charge on any atom is 0.330 e. The van der Waals surface area contributed by atoms with Crippen LogP contribution in [0.5, 0.6) is 0 Å². The standard InChI is InChI=1S/C14H23N2O4P/c1-9-12(18)10(6-8-21(2,3)4)20-13(9)16-7-5-11(17)15-14(16)19/h5,7,9-10,12-13,18H,2,6,8H2,1,3-4H3,(H,15,17,19)/t9-,10-,12+,13-/m1/s1. The molecule has 0 radical (unpaired) electrons. The number of aromatic nitrogens is 2. The van der Waals surface area contributed by atoms with Crippen LogP contribution in [0.25, 0.3) is 0 Å². The van der Waals surface area contributed by atoms with Gasteiger partial charge in [-0.25, -0.2) is 4.79 Å². The topological polar surface area (TPSA) is 84.3 Å². The summed E-state index contributed by atoms with van der Waals surface area (Å²) in [6.07, 6.45) is 5.74. The molecule has 1 aliphatic heterocycles. The highest BCUT2D eigenvalue weighted by Gasteiger charge is 2.41. The van der Waals surface area contributed by atoms with Crippen molar-refractivity contribution in [1.29, 1.82) is 0 Å². The Hall–Kier alpha value is -1.10. The van der Waals surface area contributed by atoms with Gasteiger partial charge in [0.15, 0.2) is 0 Å². The highest BCUT2D eigenvalue weighted by molar-refractivity contribution is 7.72. The van der Waals surface area contributed by atoms with Crippen LogP contribution in [0.1, 0.15) is 19.6 Å². The van der Waals surface area contributed by atoms with Gasteiger partial charge in [-0.05, 0) is 25.9 Å². The first-order valence-electron chi connectivity index (χ1n) is 7.01. The van der Waals surface area contributed by atoms with E-state index in [0.29, 0.717) is 0 Å². The second-order valence-corrected chi connectivity index (χ2v) is 10.7. The molecular formula is C14H23N2O4P. The molecule has 1 fully saturated rings. The fourth-order valence-corrected chi connectivity index (χ4v) is 3.51. The van der Waals surface area contributed by atoms with E-state index in [2.05, 4.69) is 24.6 Å². The van der Waals surface area contributed by atoms with Gasteiger partial charge < -0.3 is 9.84 Å². The molecule has 0 aromatic carbocycles. The number of rotatable bonds is 4. The van der Waals surface area contributed by atoms with Gasteiger partial charge in [-0.1, -0.05) is 6.92 Å². The first-order valence-corrected chi connectivity index (χ1v) is 10.1. The molecule has 0 unspecified atom stereocenters. The minimum absolute atomic E-state index is 0.218. The van der Waals surface area contributed by atoms with Gasteiger partial charge in [0.05, 0.1) is 12.2 Å². The van der Waals surface area contributed by atoms with Crippen LogP contribution in [0.4, 0.5) is 0 Å². The van der Waals surface area contributed by atoms with E-state index in [1.54, 1.807) is 0 Å². The maximum atomic E-state index is 11.8. The average Bonchev–Trinajstić information content (AvgIpc) is 2.64. The Labute approximate surface area is 123 Å². The summed E-state index contributed by atoms with van der Waals surface area (Å²) in [7, 11) is 0. The lowest BCUT2D eigenvalue weighted by molar-refractivity contribution is -0.0245. The summed E-state index contributed by atoms with van der Waals surface area (Å²) in [6.45, 7) is 4.95. The third-order valence-corrected chi connectivity index (χ3v) is 5.30. The highest BCUT2D eigenvalue weighted by Crippen LogP contribution is 2.40. The number of hydrogen-bond acceptors (Lipinski definition) is 4. The molecule has 21 heavy (non-hydrogen) atoms. The van der Waals surface area contributed by atoms with E-state index in [0.717, 1.165) is 12.6 Å². The highest BCUT2D eigenvalue weighted by atomic mass is 31.2. The van der Waals surface area contributed by atoms with Crippen molar-refractivity contribution >= 4 is 13.2 Å². The lowest BCUT2D eigenvalue weighted by Gasteiger charge is -2.19. The van der Waals surface area contributed by atoms with Crippen LogP contribution in [-0.4, -0.2) is 52.7 Å². The van der Waals surface area contributed by atoms with Gasteiger partial charge in [0.2, 0.25) is 0 Å². The molecule has 0 bridgehead atoms. The van der Waals surface area contributed by atoms with Gasteiger partial charge in [-0.3, -0.25) is 14.3 Å². The van der Waals surface area contributed by atoms with E-state index in [1.807, 2.05) is 6.92 Å². The SMILES string of the molecule is C=P(C)(C)CC[C@H]1O[C@@H](n2ccc(=O)[nH]c2=O)[C@H](C)[C@@H]1O. The summed E-state index contributed by atoms with van der Waals surface area (Å²) >= 11 is 0. The molecule has 2 N–H and O–H groups in total. The quantitative estimate of drug-likeness (QED) is 0.794. The summed E-state index contributed by atoms with van der Waals surface area (Å²) < 4.78 is 7.20. The predicted octanol–water partition coefficient (Wildman–Crippen LogP) is 0.530. The molecule has 2 heterocycles. The normalized spacial score (nSPS) is 29.7. The van der Waals surface area contributed by atoms with Crippen molar-refractivity contribution in [2.45, 2.75) is 31.8 Å². The molecule has 7 heteroatoms. The third-order valence-electron chi connectivity index (χ3n) is 3.83. The van der Waals surface area contributed by atoms with E-state index in [9.17, 15) is 14.7 Å². The zero-order valence-corrected chi connectivity index (χ0v) is 13.5. The van der Waals surface area contributed by atoms with Crippen LogP contribution >= 0.6 is 6.89 Å². The molecule has 0 aliphatic carbocycles. The fraction of sp³-hybridized carbons (Fsp3) is 0.643. The Morgan fingerprint density at radius 3 is 2.71 bits per heavy atom. The Morgan fingerprint density at radius 1 is 1.48 bits per heavy atom. The molecule has 1 saturated heterocycles. The van der Waals surface area contributed by atoms with E-state index >= 15 is 0 Å².